The lowest BCUT2D eigenvalue weighted by atomic mass is 9.97. The van der Waals surface area contributed by atoms with Gasteiger partial charge in [0, 0.05) is 10.6 Å². The quantitative estimate of drug-likeness (QED) is 0.855. The normalized spacial score (nSPS) is 12.6. The van der Waals surface area contributed by atoms with E-state index in [4.69, 9.17) is 16.3 Å². The van der Waals surface area contributed by atoms with Crippen LogP contribution >= 0.6 is 11.6 Å². The molecule has 0 saturated heterocycles. The van der Waals surface area contributed by atoms with Gasteiger partial charge >= 0.3 is 6.16 Å². The average Bonchev–Trinajstić information content (AvgIpc) is 2.89. The van der Waals surface area contributed by atoms with Crippen LogP contribution in [0.15, 0.2) is 24.3 Å². The van der Waals surface area contributed by atoms with Crippen molar-refractivity contribution in [3.63, 3.8) is 0 Å². The molecule has 6 nitrogen and oxygen atoms in total. The highest BCUT2D eigenvalue weighted by atomic mass is 35.5. The number of pyridine rings is 1. The summed E-state index contributed by atoms with van der Waals surface area (Å²) in [5.41, 5.74) is 2.72. The number of hydrogen-bond donors (Lipinski definition) is 1. The molecule has 118 valence electrons. The number of amides is 1. The van der Waals surface area contributed by atoms with Crippen LogP contribution < -0.4 is 10.1 Å². The maximum atomic E-state index is 12.2. The molecule has 0 saturated carbocycles. The van der Waals surface area contributed by atoms with Crippen LogP contribution in [0.4, 0.5) is 4.79 Å². The first-order valence-electron chi connectivity index (χ1n) is 6.84. The Kier molecular flexibility index (Phi) is 3.92. The van der Waals surface area contributed by atoms with E-state index in [-0.39, 0.29) is 11.7 Å². The predicted octanol–water partition coefficient (Wildman–Crippen LogP) is 3.10. The van der Waals surface area contributed by atoms with E-state index in [2.05, 4.69) is 15.0 Å². The Morgan fingerprint density at radius 2 is 1.96 bits per heavy atom. The van der Waals surface area contributed by atoms with Crippen molar-refractivity contribution in [2.45, 2.75) is 13.5 Å². The summed E-state index contributed by atoms with van der Waals surface area (Å²) >= 11 is 5.93. The molecule has 0 bridgehead atoms. The van der Waals surface area contributed by atoms with Gasteiger partial charge in [0.1, 0.15) is 0 Å². The number of nitrogens with zero attached hydrogens (tertiary/aromatic N) is 1. The van der Waals surface area contributed by atoms with Crippen LogP contribution in [0.3, 0.4) is 0 Å². The van der Waals surface area contributed by atoms with E-state index in [1.807, 2.05) is 0 Å². The third-order valence-corrected chi connectivity index (χ3v) is 3.78. The Balaban J connectivity index is 2.26. The van der Waals surface area contributed by atoms with Gasteiger partial charge in [-0.3, -0.25) is 9.78 Å². The van der Waals surface area contributed by atoms with Crippen molar-refractivity contribution >= 4 is 23.7 Å². The number of methoxy groups -OCH3 is 1. The molecule has 0 radical (unpaired) electrons. The summed E-state index contributed by atoms with van der Waals surface area (Å²) in [5, 5.41) is 3.29. The van der Waals surface area contributed by atoms with Crippen LogP contribution in [-0.4, -0.2) is 24.2 Å². The van der Waals surface area contributed by atoms with Gasteiger partial charge in [-0.1, -0.05) is 23.7 Å². The van der Waals surface area contributed by atoms with Gasteiger partial charge in [-0.25, -0.2) is 4.79 Å². The molecule has 1 N–H and O–H groups in total. The first kappa shape index (κ1) is 15.3. The van der Waals surface area contributed by atoms with Gasteiger partial charge in [0.25, 0.3) is 5.91 Å². The molecule has 0 aliphatic carbocycles. The third-order valence-electron chi connectivity index (χ3n) is 3.53. The van der Waals surface area contributed by atoms with Crippen molar-refractivity contribution in [2.75, 3.05) is 7.11 Å². The molecule has 1 amide bonds. The van der Waals surface area contributed by atoms with Gasteiger partial charge in [-0.05, 0) is 24.6 Å². The molecule has 2 aromatic rings. The summed E-state index contributed by atoms with van der Waals surface area (Å²) in [4.78, 5) is 28.1. The van der Waals surface area contributed by atoms with Crippen LogP contribution in [0.2, 0.25) is 5.02 Å². The van der Waals surface area contributed by atoms with Crippen molar-refractivity contribution in [1.29, 1.82) is 0 Å². The minimum Gasteiger partial charge on any atom is -0.437 e. The number of fused-ring (bicyclic) bond motifs is 1. The molecular formula is C16H13ClN2O4. The Morgan fingerprint density at radius 1 is 1.26 bits per heavy atom. The highest BCUT2D eigenvalue weighted by Gasteiger charge is 2.30. The number of aryl methyl sites for hydroxylation is 1. The molecule has 23 heavy (non-hydrogen) atoms. The number of carbonyl (C=O) groups is 2. The fraction of sp³-hybridized carbons (Fsp3) is 0.188. The van der Waals surface area contributed by atoms with Crippen molar-refractivity contribution in [2.24, 2.45) is 0 Å². The van der Waals surface area contributed by atoms with E-state index >= 15 is 0 Å². The smallest absolute Gasteiger partial charge is 0.437 e. The third kappa shape index (κ3) is 2.73. The van der Waals surface area contributed by atoms with Gasteiger partial charge < -0.3 is 14.8 Å². The Morgan fingerprint density at radius 3 is 2.61 bits per heavy atom. The maximum Gasteiger partial charge on any atom is 0.513 e. The number of nitrogens with one attached hydrogen (secondary N) is 1. The summed E-state index contributed by atoms with van der Waals surface area (Å²) in [6.45, 7) is 2.05. The van der Waals surface area contributed by atoms with Crippen LogP contribution in [0, 0.1) is 6.92 Å². The molecular weight excluding hydrogens is 320 g/mol. The Bertz CT molecular complexity index is 803. The van der Waals surface area contributed by atoms with E-state index in [0.29, 0.717) is 39.6 Å². The van der Waals surface area contributed by atoms with Crippen LogP contribution in [0.1, 0.15) is 21.7 Å². The average molecular weight is 333 g/mol. The van der Waals surface area contributed by atoms with Gasteiger partial charge in [-0.2, -0.15) is 0 Å². The highest BCUT2D eigenvalue weighted by Crippen LogP contribution is 2.39. The fourth-order valence-corrected chi connectivity index (χ4v) is 2.64. The number of rotatable bonds is 2. The second-order valence-electron chi connectivity index (χ2n) is 4.97. The van der Waals surface area contributed by atoms with E-state index in [9.17, 15) is 9.59 Å². The van der Waals surface area contributed by atoms with E-state index < -0.39 is 6.16 Å². The monoisotopic (exact) mass is 332 g/mol. The summed E-state index contributed by atoms with van der Waals surface area (Å²) in [7, 11) is 1.22. The van der Waals surface area contributed by atoms with Crippen molar-refractivity contribution < 1.29 is 19.1 Å². The number of halogens is 1. The Hall–Kier alpha value is -2.60. The lowest BCUT2D eigenvalue weighted by Crippen LogP contribution is -2.14. The minimum absolute atomic E-state index is 0.204. The van der Waals surface area contributed by atoms with Gasteiger partial charge in [-0.15, -0.1) is 0 Å². The van der Waals surface area contributed by atoms with Crippen molar-refractivity contribution in [1.82, 2.24) is 10.3 Å². The number of carbonyl (C=O) groups excluding carboxylic acids is 2. The van der Waals surface area contributed by atoms with E-state index in [1.54, 1.807) is 31.2 Å². The lowest BCUT2D eigenvalue weighted by molar-refractivity contribution is 0.0964. The first-order valence-corrected chi connectivity index (χ1v) is 7.22. The van der Waals surface area contributed by atoms with Crippen molar-refractivity contribution in [3.8, 4) is 16.9 Å². The highest BCUT2D eigenvalue weighted by molar-refractivity contribution is 6.30. The van der Waals surface area contributed by atoms with E-state index in [0.717, 1.165) is 0 Å². The fourth-order valence-electron chi connectivity index (χ4n) is 2.51. The number of ether oxygens (including phenoxy) is 2. The number of benzene rings is 1. The predicted molar refractivity (Wildman–Crippen MR) is 83.6 cm³/mol. The van der Waals surface area contributed by atoms with Gasteiger partial charge in [0.15, 0.2) is 5.75 Å². The maximum absolute atomic E-state index is 12.2. The molecule has 7 heteroatoms. The second-order valence-corrected chi connectivity index (χ2v) is 5.41. The van der Waals surface area contributed by atoms with Crippen LogP contribution in [0.5, 0.6) is 5.75 Å². The largest absolute Gasteiger partial charge is 0.513 e. The molecule has 1 aromatic heterocycles. The van der Waals surface area contributed by atoms with E-state index in [1.165, 1.54) is 7.11 Å². The summed E-state index contributed by atoms with van der Waals surface area (Å²) in [5.74, 6) is -0.0536. The first-order chi connectivity index (χ1) is 11.0. The summed E-state index contributed by atoms with van der Waals surface area (Å²) in [6, 6.07) is 6.92. The molecule has 0 unspecified atom stereocenters. The topological polar surface area (TPSA) is 77.5 Å². The number of aromatic nitrogens is 1. The zero-order chi connectivity index (χ0) is 16.6. The zero-order valence-electron chi connectivity index (χ0n) is 12.5. The molecule has 3 rings (SSSR count). The molecule has 2 heterocycles. The Labute approximate surface area is 137 Å². The molecule has 0 spiro atoms. The SMILES string of the molecule is COC(=O)Oc1c(C)nc2c(c1-c1ccc(Cl)cc1)C(=O)NC2. The molecule has 1 aliphatic rings. The number of hydrogen-bond acceptors (Lipinski definition) is 5. The lowest BCUT2D eigenvalue weighted by Gasteiger charge is -2.15. The molecule has 0 fully saturated rings. The van der Waals surface area contributed by atoms with Crippen molar-refractivity contribution in [3.05, 3.63) is 46.2 Å². The second kappa shape index (κ2) is 5.89. The van der Waals surface area contributed by atoms with Crippen LogP contribution in [0.25, 0.3) is 11.1 Å². The zero-order valence-corrected chi connectivity index (χ0v) is 13.2. The van der Waals surface area contributed by atoms with Gasteiger partial charge in [0.05, 0.1) is 30.6 Å². The molecule has 0 atom stereocenters. The summed E-state index contributed by atoms with van der Waals surface area (Å²) < 4.78 is 9.80. The summed E-state index contributed by atoms with van der Waals surface area (Å²) in [6.07, 6.45) is -0.872. The molecule has 1 aliphatic heterocycles. The standard InChI is InChI=1S/C16H13ClN2O4/c1-8-14(23-16(21)22-2)12(9-3-5-10(17)6-4-9)13-11(19-8)7-18-15(13)20/h3-6H,7H2,1-2H3,(H,18,20). The molecule has 1 aromatic carbocycles. The van der Waals surface area contributed by atoms with Gasteiger partial charge in [0.2, 0.25) is 0 Å². The minimum atomic E-state index is -0.872. The van der Waals surface area contributed by atoms with Crippen LogP contribution in [-0.2, 0) is 11.3 Å².